The van der Waals surface area contributed by atoms with Crippen LogP contribution in [0.3, 0.4) is 0 Å². The van der Waals surface area contributed by atoms with Gasteiger partial charge in [0.2, 0.25) is 17.8 Å². The number of nitrogens with two attached hydrogens (primary N) is 1. The van der Waals surface area contributed by atoms with E-state index in [1.54, 1.807) is 24.3 Å². The van der Waals surface area contributed by atoms with E-state index in [1.165, 1.54) is 0 Å². The molecule has 2 heterocycles. The lowest BCUT2D eigenvalue weighted by Crippen LogP contribution is -2.43. The molecule has 1 aromatic heterocycles. The second kappa shape index (κ2) is 6.84. The number of amides is 4. The number of carbonyl (C=O) groups excluding carboxylic acids is 3. The van der Waals surface area contributed by atoms with Crippen LogP contribution in [0.15, 0.2) is 29.1 Å². The summed E-state index contributed by atoms with van der Waals surface area (Å²) in [6.45, 7) is 0. The smallest absolute Gasteiger partial charge is 0.318 e. The second-order valence-electron chi connectivity index (χ2n) is 5.47. The van der Waals surface area contributed by atoms with E-state index < -0.39 is 29.3 Å². The Morgan fingerprint density at radius 2 is 1.92 bits per heavy atom. The Kier molecular flexibility index (Phi) is 4.59. The SMILES string of the molecule is NC(=O)NC(=O)C1CC(=O)Nc2nc(Nc3ccc(Cl)cc3)[nH]c(=O)c21. The van der Waals surface area contributed by atoms with E-state index >= 15 is 0 Å². The van der Waals surface area contributed by atoms with Crippen LogP contribution in [0, 0.1) is 0 Å². The molecule has 26 heavy (non-hydrogen) atoms. The Morgan fingerprint density at radius 3 is 2.58 bits per heavy atom. The molecular formula is C15H13ClN6O4. The van der Waals surface area contributed by atoms with Crippen LogP contribution in [-0.4, -0.2) is 27.8 Å². The van der Waals surface area contributed by atoms with Crippen LogP contribution in [0.25, 0.3) is 0 Å². The highest BCUT2D eigenvalue weighted by Crippen LogP contribution is 2.29. The van der Waals surface area contributed by atoms with Gasteiger partial charge in [-0.3, -0.25) is 24.7 Å². The average Bonchev–Trinajstić information content (AvgIpc) is 2.55. The monoisotopic (exact) mass is 376 g/mol. The first-order valence-electron chi connectivity index (χ1n) is 7.40. The molecule has 2 aromatic rings. The topological polar surface area (TPSA) is 159 Å². The van der Waals surface area contributed by atoms with Crippen LogP contribution < -0.4 is 27.2 Å². The number of carbonyl (C=O) groups is 3. The lowest BCUT2D eigenvalue weighted by atomic mass is 9.92. The van der Waals surface area contributed by atoms with Gasteiger partial charge in [-0.05, 0) is 24.3 Å². The summed E-state index contributed by atoms with van der Waals surface area (Å²) >= 11 is 5.81. The first-order valence-corrected chi connectivity index (χ1v) is 7.78. The fourth-order valence-corrected chi connectivity index (χ4v) is 2.66. The molecule has 3 rings (SSSR count). The molecule has 4 amide bonds. The number of aromatic amines is 1. The quantitative estimate of drug-likeness (QED) is 0.532. The van der Waals surface area contributed by atoms with Gasteiger partial charge in [-0.25, -0.2) is 4.79 Å². The number of hydrogen-bond acceptors (Lipinski definition) is 6. The molecule has 6 N–H and O–H groups in total. The lowest BCUT2D eigenvalue weighted by molar-refractivity contribution is -0.125. The minimum Gasteiger partial charge on any atom is -0.351 e. The first-order chi connectivity index (χ1) is 12.3. The van der Waals surface area contributed by atoms with Crippen molar-refractivity contribution in [1.82, 2.24) is 15.3 Å². The Balaban J connectivity index is 1.96. The molecule has 0 saturated heterocycles. The van der Waals surface area contributed by atoms with E-state index in [-0.39, 0.29) is 23.8 Å². The summed E-state index contributed by atoms with van der Waals surface area (Å²) in [5.41, 5.74) is 4.84. The van der Waals surface area contributed by atoms with Gasteiger partial charge in [-0.2, -0.15) is 4.98 Å². The van der Waals surface area contributed by atoms with Gasteiger partial charge in [-0.1, -0.05) is 11.6 Å². The fraction of sp³-hybridized carbons (Fsp3) is 0.133. The molecule has 1 aliphatic heterocycles. The Morgan fingerprint density at radius 1 is 1.23 bits per heavy atom. The molecular weight excluding hydrogens is 364 g/mol. The highest BCUT2D eigenvalue weighted by atomic mass is 35.5. The van der Waals surface area contributed by atoms with Gasteiger partial charge in [0.15, 0.2) is 0 Å². The number of urea groups is 1. The molecule has 0 fully saturated rings. The summed E-state index contributed by atoms with van der Waals surface area (Å²) in [5.74, 6) is -2.54. The zero-order chi connectivity index (χ0) is 18.8. The summed E-state index contributed by atoms with van der Waals surface area (Å²) in [5, 5.41) is 7.72. The normalized spacial score (nSPS) is 15.6. The molecule has 1 atom stereocenters. The number of H-pyrrole nitrogens is 1. The average molecular weight is 377 g/mol. The predicted molar refractivity (Wildman–Crippen MR) is 93.3 cm³/mol. The molecule has 1 unspecified atom stereocenters. The van der Waals surface area contributed by atoms with Gasteiger partial charge in [0.05, 0.1) is 11.5 Å². The Hall–Kier alpha value is -3.40. The number of benzene rings is 1. The van der Waals surface area contributed by atoms with Gasteiger partial charge in [0.25, 0.3) is 5.56 Å². The van der Waals surface area contributed by atoms with Gasteiger partial charge in [0.1, 0.15) is 5.82 Å². The third kappa shape index (κ3) is 3.64. The second-order valence-corrected chi connectivity index (χ2v) is 5.90. The number of fused-ring (bicyclic) bond motifs is 1. The number of rotatable bonds is 3. The summed E-state index contributed by atoms with van der Waals surface area (Å²) in [7, 11) is 0. The Bertz CT molecular complexity index is 956. The van der Waals surface area contributed by atoms with Crippen LogP contribution in [0.1, 0.15) is 17.9 Å². The van der Waals surface area contributed by atoms with Gasteiger partial charge >= 0.3 is 6.03 Å². The number of primary amides is 1. The molecule has 0 bridgehead atoms. The van der Waals surface area contributed by atoms with Crippen molar-refractivity contribution in [2.75, 3.05) is 10.6 Å². The first kappa shape index (κ1) is 17.4. The van der Waals surface area contributed by atoms with Crippen molar-refractivity contribution >= 4 is 46.9 Å². The third-order valence-corrected chi connectivity index (χ3v) is 3.87. The van der Waals surface area contributed by atoms with Crippen molar-refractivity contribution < 1.29 is 14.4 Å². The van der Waals surface area contributed by atoms with Crippen molar-refractivity contribution in [3.63, 3.8) is 0 Å². The molecule has 0 spiro atoms. The molecule has 134 valence electrons. The Labute approximate surface area is 151 Å². The third-order valence-electron chi connectivity index (χ3n) is 3.62. The highest BCUT2D eigenvalue weighted by molar-refractivity contribution is 6.30. The minimum absolute atomic E-state index is 0.0509. The van der Waals surface area contributed by atoms with Gasteiger partial charge < -0.3 is 16.4 Å². The molecule has 0 saturated carbocycles. The summed E-state index contributed by atoms with van der Waals surface area (Å²) in [6, 6.07) is 5.55. The largest absolute Gasteiger partial charge is 0.351 e. The summed E-state index contributed by atoms with van der Waals surface area (Å²) in [4.78, 5) is 53.9. The zero-order valence-corrected chi connectivity index (χ0v) is 13.9. The standard InChI is InChI=1S/C15H13ClN6O4/c16-6-1-3-7(4-2-6)18-15-20-11-10(13(25)22-15)8(5-9(23)19-11)12(24)21-14(17)26/h1-4,8H,5H2,(H3,17,21,24,26)(H3,18,19,20,22,23,25). The summed E-state index contributed by atoms with van der Waals surface area (Å²) < 4.78 is 0. The number of nitrogens with zero attached hydrogens (tertiary/aromatic N) is 1. The van der Waals surface area contributed by atoms with Crippen molar-refractivity contribution in [1.29, 1.82) is 0 Å². The van der Waals surface area contributed by atoms with Crippen LogP contribution >= 0.6 is 11.6 Å². The molecule has 11 heteroatoms. The van der Waals surface area contributed by atoms with Crippen molar-refractivity contribution in [2.24, 2.45) is 5.73 Å². The molecule has 0 radical (unpaired) electrons. The van der Waals surface area contributed by atoms with Crippen LogP contribution in [0.2, 0.25) is 5.02 Å². The van der Waals surface area contributed by atoms with Crippen LogP contribution in [0.5, 0.6) is 0 Å². The molecule has 1 aliphatic rings. The highest BCUT2D eigenvalue weighted by Gasteiger charge is 2.35. The zero-order valence-electron chi connectivity index (χ0n) is 13.1. The van der Waals surface area contributed by atoms with Crippen molar-refractivity contribution in [2.45, 2.75) is 12.3 Å². The number of aromatic nitrogens is 2. The van der Waals surface area contributed by atoms with E-state index in [0.717, 1.165) is 0 Å². The number of anilines is 3. The number of imide groups is 1. The maximum absolute atomic E-state index is 12.4. The van der Waals surface area contributed by atoms with Gasteiger partial charge in [-0.15, -0.1) is 0 Å². The van der Waals surface area contributed by atoms with E-state index in [1.807, 2.05) is 5.32 Å². The number of nitrogens with one attached hydrogen (secondary N) is 4. The van der Waals surface area contributed by atoms with E-state index in [9.17, 15) is 19.2 Å². The molecule has 10 nitrogen and oxygen atoms in total. The van der Waals surface area contributed by atoms with E-state index in [2.05, 4.69) is 20.6 Å². The maximum atomic E-state index is 12.4. The van der Waals surface area contributed by atoms with Crippen molar-refractivity contribution in [3.8, 4) is 0 Å². The number of halogens is 1. The van der Waals surface area contributed by atoms with E-state index in [0.29, 0.717) is 10.7 Å². The fourth-order valence-electron chi connectivity index (χ4n) is 2.53. The molecule has 1 aromatic carbocycles. The molecule has 0 aliphatic carbocycles. The van der Waals surface area contributed by atoms with Crippen LogP contribution in [-0.2, 0) is 9.59 Å². The van der Waals surface area contributed by atoms with Crippen LogP contribution in [0.4, 0.5) is 22.2 Å². The summed E-state index contributed by atoms with van der Waals surface area (Å²) in [6.07, 6.45) is -0.305. The lowest BCUT2D eigenvalue weighted by Gasteiger charge is -2.23. The maximum Gasteiger partial charge on any atom is 0.318 e. The van der Waals surface area contributed by atoms with Gasteiger partial charge in [0, 0.05) is 17.1 Å². The van der Waals surface area contributed by atoms with Crippen molar-refractivity contribution in [3.05, 3.63) is 45.2 Å². The van der Waals surface area contributed by atoms with E-state index in [4.69, 9.17) is 17.3 Å². The minimum atomic E-state index is -1.17. The number of hydrogen-bond donors (Lipinski definition) is 5. The predicted octanol–water partition coefficient (Wildman–Crippen LogP) is 0.788.